The van der Waals surface area contributed by atoms with Crippen LogP contribution in [0.4, 0.5) is 5.69 Å². The SMILES string of the molecule is C=C1CCC2(CCN(C(=O)c3ccc4c(c3)CCN4C(C)=O)C2)C(=O)N1. The molecule has 26 heavy (non-hydrogen) atoms. The summed E-state index contributed by atoms with van der Waals surface area (Å²) in [5.41, 5.74) is 2.86. The van der Waals surface area contributed by atoms with Gasteiger partial charge in [-0.2, -0.15) is 0 Å². The first-order valence-electron chi connectivity index (χ1n) is 9.09. The number of allylic oxidation sites excluding steroid dienone is 1. The van der Waals surface area contributed by atoms with Crippen molar-refractivity contribution < 1.29 is 14.4 Å². The topological polar surface area (TPSA) is 69.7 Å². The predicted molar refractivity (Wildman–Crippen MR) is 97.6 cm³/mol. The van der Waals surface area contributed by atoms with Gasteiger partial charge in [-0.25, -0.2) is 0 Å². The van der Waals surface area contributed by atoms with E-state index in [1.165, 1.54) is 0 Å². The monoisotopic (exact) mass is 353 g/mol. The number of piperidine rings is 1. The van der Waals surface area contributed by atoms with Gasteiger partial charge in [0.25, 0.3) is 5.91 Å². The Hall–Kier alpha value is -2.63. The third kappa shape index (κ3) is 2.60. The summed E-state index contributed by atoms with van der Waals surface area (Å²) in [5, 5.41) is 2.85. The van der Waals surface area contributed by atoms with Crippen molar-refractivity contribution in [1.29, 1.82) is 0 Å². The number of carbonyl (C=O) groups excluding carboxylic acids is 3. The van der Waals surface area contributed by atoms with Crippen molar-refractivity contribution >= 4 is 23.4 Å². The zero-order valence-electron chi connectivity index (χ0n) is 15.0. The van der Waals surface area contributed by atoms with Crippen LogP contribution in [0.15, 0.2) is 30.5 Å². The Labute approximate surface area is 152 Å². The standard InChI is InChI=1S/C20H23N3O3/c1-13-5-7-20(19(26)21-13)8-10-22(12-20)18(25)16-3-4-17-15(11-16)6-9-23(17)14(2)24/h3-4,11H,1,5-10,12H2,2H3,(H,21,26). The number of likely N-dealkylation sites (tertiary alicyclic amines) is 1. The van der Waals surface area contributed by atoms with Gasteiger partial charge in [0.2, 0.25) is 11.8 Å². The van der Waals surface area contributed by atoms with Crippen LogP contribution in [0.3, 0.4) is 0 Å². The van der Waals surface area contributed by atoms with Crippen LogP contribution in [0.5, 0.6) is 0 Å². The normalized spacial score (nSPS) is 24.8. The minimum Gasteiger partial charge on any atom is -0.338 e. The van der Waals surface area contributed by atoms with Crippen molar-refractivity contribution in [3.05, 3.63) is 41.6 Å². The summed E-state index contributed by atoms with van der Waals surface area (Å²) in [6.07, 6.45) is 2.98. The second-order valence-electron chi connectivity index (χ2n) is 7.58. The summed E-state index contributed by atoms with van der Waals surface area (Å²) in [7, 11) is 0. The number of nitrogens with zero attached hydrogens (tertiary/aromatic N) is 2. The van der Waals surface area contributed by atoms with E-state index in [4.69, 9.17) is 0 Å². The lowest BCUT2D eigenvalue weighted by molar-refractivity contribution is -0.131. The maximum absolute atomic E-state index is 13.0. The summed E-state index contributed by atoms with van der Waals surface area (Å²) in [6.45, 7) is 7.11. The highest BCUT2D eigenvalue weighted by Crippen LogP contribution is 2.40. The lowest BCUT2D eigenvalue weighted by atomic mass is 9.78. The maximum atomic E-state index is 13.0. The molecule has 0 saturated carbocycles. The highest BCUT2D eigenvalue weighted by molar-refractivity contribution is 5.98. The van der Waals surface area contributed by atoms with Crippen molar-refractivity contribution in [3.63, 3.8) is 0 Å². The molecule has 1 unspecified atom stereocenters. The molecule has 0 aromatic heterocycles. The number of amides is 3. The Morgan fingerprint density at radius 1 is 1.19 bits per heavy atom. The molecule has 1 N–H and O–H groups in total. The van der Waals surface area contributed by atoms with Crippen LogP contribution in [-0.4, -0.2) is 42.3 Å². The van der Waals surface area contributed by atoms with Gasteiger partial charge in [-0.3, -0.25) is 14.4 Å². The minimum absolute atomic E-state index is 0.00453. The first-order valence-corrected chi connectivity index (χ1v) is 9.09. The Kier molecular flexibility index (Phi) is 3.86. The van der Waals surface area contributed by atoms with E-state index in [0.29, 0.717) is 31.6 Å². The molecule has 1 spiro atoms. The Bertz CT molecular complexity index is 832. The number of anilines is 1. The van der Waals surface area contributed by atoms with Crippen molar-refractivity contribution in [2.75, 3.05) is 24.5 Å². The molecule has 2 fully saturated rings. The molecule has 2 saturated heterocycles. The molecule has 0 bridgehead atoms. The molecule has 3 amide bonds. The Morgan fingerprint density at radius 2 is 2.00 bits per heavy atom. The quantitative estimate of drug-likeness (QED) is 0.838. The van der Waals surface area contributed by atoms with Gasteiger partial charge in [-0.1, -0.05) is 6.58 Å². The zero-order chi connectivity index (χ0) is 18.5. The molecule has 4 rings (SSSR count). The third-order valence-corrected chi connectivity index (χ3v) is 5.92. The molecule has 1 aromatic carbocycles. The van der Waals surface area contributed by atoms with Gasteiger partial charge in [0.15, 0.2) is 0 Å². The average Bonchev–Trinajstić information content (AvgIpc) is 3.23. The van der Waals surface area contributed by atoms with Gasteiger partial charge in [0.05, 0.1) is 5.41 Å². The summed E-state index contributed by atoms with van der Waals surface area (Å²) < 4.78 is 0. The number of fused-ring (bicyclic) bond motifs is 1. The average molecular weight is 353 g/mol. The van der Waals surface area contributed by atoms with E-state index in [-0.39, 0.29) is 17.7 Å². The highest BCUT2D eigenvalue weighted by Gasteiger charge is 2.47. The van der Waals surface area contributed by atoms with Crippen LogP contribution in [0, 0.1) is 5.41 Å². The number of nitrogens with one attached hydrogen (secondary N) is 1. The lowest BCUT2D eigenvalue weighted by Gasteiger charge is -2.33. The Balaban J connectivity index is 1.52. The molecule has 3 aliphatic heterocycles. The Morgan fingerprint density at radius 3 is 2.73 bits per heavy atom. The molecule has 0 radical (unpaired) electrons. The number of benzene rings is 1. The van der Waals surface area contributed by atoms with Gasteiger partial charge in [-0.15, -0.1) is 0 Å². The summed E-state index contributed by atoms with van der Waals surface area (Å²) in [4.78, 5) is 40.6. The van der Waals surface area contributed by atoms with E-state index < -0.39 is 5.41 Å². The number of hydrogen-bond acceptors (Lipinski definition) is 3. The van der Waals surface area contributed by atoms with Gasteiger partial charge >= 0.3 is 0 Å². The first kappa shape index (κ1) is 16.8. The molecule has 1 aromatic rings. The fourth-order valence-corrected chi connectivity index (χ4v) is 4.34. The number of hydrogen-bond donors (Lipinski definition) is 1. The van der Waals surface area contributed by atoms with Gasteiger partial charge in [0.1, 0.15) is 0 Å². The van der Waals surface area contributed by atoms with Crippen molar-refractivity contribution in [3.8, 4) is 0 Å². The van der Waals surface area contributed by atoms with Crippen LogP contribution in [0.1, 0.15) is 42.1 Å². The zero-order valence-corrected chi connectivity index (χ0v) is 15.0. The van der Waals surface area contributed by atoms with E-state index in [1.807, 2.05) is 12.1 Å². The van der Waals surface area contributed by atoms with Crippen LogP contribution in [-0.2, 0) is 16.0 Å². The van der Waals surface area contributed by atoms with Gasteiger partial charge in [0, 0.05) is 43.5 Å². The van der Waals surface area contributed by atoms with Crippen molar-refractivity contribution in [2.45, 2.75) is 32.6 Å². The summed E-state index contributed by atoms with van der Waals surface area (Å²) in [5.74, 6) is -0.0209. The van der Waals surface area contributed by atoms with Crippen molar-refractivity contribution in [1.82, 2.24) is 10.2 Å². The van der Waals surface area contributed by atoms with Crippen molar-refractivity contribution in [2.24, 2.45) is 5.41 Å². The smallest absolute Gasteiger partial charge is 0.253 e. The van der Waals surface area contributed by atoms with Crippen LogP contribution >= 0.6 is 0 Å². The van der Waals surface area contributed by atoms with E-state index in [2.05, 4.69) is 11.9 Å². The molecule has 0 aliphatic carbocycles. The first-order chi connectivity index (χ1) is 12.4. The fourth-order valence-electron chi connectivity index (χ4n) is 4.34. The number of rotatable bonds is 1. The van der Waals surface area contributed by atoms with Gasteiger partial charge < -0.3 is 15.1 Å². The summed E-state index contributed by atoms with van der Waals surface area (Å²) in [6, 6.07) is 5.55. The van der Waals surface area contributed by atoms with Crippen LogP contribution < -0.4 is 10.2 Å². The molecule has 6 nitrogen and oxygen atoms in total. The largest absolute Gasteiger partial charge is 0.338 e. The molecule has 136 valence electrons. The molecule has 3 heterocycles. The molecule has 6 heteroatoms. The number of carbonyl (C=O) groups is 3. The minimum atomic E-state index is -0.473. The molecule has 1 atom stereocenters. The predicted octanol–water partition coefficient (Wildman–Crippen LogP) is 1.85. The van der Waals surface area contributed by atoms with E-state index in [0.717, 1.165) is 36.2 Å². The molecular formula is C20H23N3O3. The van der Waals surface area contributed by atoms with E-state index in [1.54, 1.807) is 22.8 Å². The summed E-state index contributed by atoms with van der Waals surface area (Å²) >= 11 is 0. The third-order valence-electron chi connectivity index (χ3n) is 5.92. The van der Waals surface area contributed by atoms with Gasteiger partial charge in [-0.05, 0) is 49.4 Å². The van der Waals surface area contributed by atoms with E-state index >= 15 is 0 Å². The second-order valence-corrected chi connectivity index (χ2v) is 7.58. The molecular weight excluding hydrogens is 330 g/mol. The lowest BCUT2D eigenvalue weighted by Crippen LogP contribution is -2.46. The van der Waals surface area contributed by atoms with E-state index in [9.17, 15) is 14.4 Å². The second kappa shape index (κ2) is 5.97. The maximum Gasteiger partial charge on any atom is 0.253 e. The van der Waals surface area contributed by atoms with Crippen LogP contribution in [0.25, 0.3) is 0 Å². The molecule has 3 aliphatic rings. The highest BCUT2D eigenvalue weighted by atomic mass is 16.2. The fraction of sp³-hybridized carbons (Fsp3) is 0.450. The van der Waals surface area contributed by atoms with Crippen LogP contribution in [0.2, 0.25) is 0 Å².